The molecule has 0 radical (unpaired) electrons. The normalized spacial score (nSPS) is 13.8. The van der Waals surface area contributed by atoms with Crippen LogP contribution in [0.25, 0.3) is 0 Å². The van der Waals surface area contributed by atoms with Crippen molar-refractivity contribution in [2.75, 3.05) is 38.2 Å². The number of ether oxygens (including phenoxy) is 1. The minimum Gasteiger partial charge on any atom is -0.497 e. The zero-order valence-corrected chi connectivity index (χ0v) is 19.3. The first kappa shape index (κ1) is 22.7. The van der Waals surface area contributed by atoms with Crippen LogP contribution in [0.15, 0.2) is 48.5 Å². The van der Waals surface area contributed by atoms with Gasteiger partial charge in [0, 0.05) is 43.9 Å². The molecular formula is C26H29FN4O2. The van der Waals surface area contributed by atoms with Crippen LogP contribution in [0.1, 0.15) is 28.2 Å². The van der Waals surface area contributed by atoms with Crippen LogP contribution in [-0.4, -0.2) is 54.1 Å². The summed E-state index contributed by atoms with van der Waals surface area (Å²) in [6.45, 7) is 6.52. The molecule has 33 heavy (non-hydrogen) atoms. The van der Waals surface area contributed by atoms with Gasteiger partial charge in [0.25, 0.3) is 0 Å². The van der Waals surface area contributed by atoms with Crippen LogP contribution < -0.4 is 9.64 Å². The number of methoxy groups -OCH3 is 1. The first-order valence-corrected chi connectivity index (χ1v) is 11.2. The Morgan fingerprint density at radius 2 is 1.73 bits per heavy atom. The Hall–Kier alpha value is -3.48. The number of amides is 1. The molecule has 172 valence electrons. The van der Waals surface area contributed by atoms with Crippen molar-refractivity contribution in [3.63, 3.8) is 0 Å². The molecule has 0 N–H and O–H groups in total. The Balaban J connectivity index is 1.45. The van der Waals surface area contributed by atoms with Crippen LogP contribution in [0.4, 0.5) is 10.2 Å². The van der Waals surface area contributed by atoms with Gasteiger partial charge in [0.1, 0.15) is 23.2 Å². The topological polar surface area (TPSA) is 58.6 Å². The lowest BCUT2D eigenvalue weighted by Gasteiger charge is -2.36. The van der Waals surface area contributed by atoms with Crippen LogP contribution in [0.2, 0.25) is 0 Å². The van der Waals surface area contributed by atoms with Gasteiger partial charge in [-0.3, -0.25) is 4.79 Å². The number of halogens is 1. The van der Waals surface area contributed by atoms with Gasteiger partial charge in [-0.1, -0.05) is 24.3 Å². The predicted molar refractivity (Wildman–Crippen MR) is 126 cm³/mol. The Morgan fingerprint density at radius 3 is 2.39 bits per heavy atom. The van der Waals surface area contributed by atoms with Gasteiger partial charge in [-0.25, -0.2) is 14.4 Å². The van der Waals surface area contributed by atoms with E-state index >= 15 is 0 Å². The van der Waals surface area contributed by atoms with Crippen LogP contribution >= 0.6 is 0 Å². The highest BCUT2D eigenvalue weighted by Gasteiger charge is 2.25. The molecular weight excluding hydrogens is 419 g/mol. The number of anilines is 1. The van der Waals surface area contributed by atoms with Crippen molar-refractivity contribution in [3.8, 4) is 5.75 Å². The second-order valence-corrected chi connectivity index (χ2v) is 8.36. The molecule has 2 aromatic carbocycles. The number of benzene rings is 2. The number of hydrogen-bond donors (Lipinski definition) is 0. The summed E-state index contributed by atoms with van der Waals surface area (Å²) >= 11 is 0. The minimum absolute atomic E-state index is 0.120. The summed E-state index contributed by atoms with van der Waals surface area (Å²) < 4.78 is 18.9. The Kier molecular flexibility index (Phi) is 6.87. The fraction of sp³-hybridized carbons (Fsp3) is 0.346. The van der Waals surface area contributed by atoms with Gasteiger partial charge in [-0.15, -0.1) is 0 Å². The molecule has 4 rings (SSSR count). The average Bonchev–Trinajstić information content (AvgIpc) is 2.81. The summed E-state index contributed by atoms with van der Waals surface area (Å²) in [6, 6.07) is 14.3. The molecule has 3 aromatic rings. The van der Waals surface area contributed by atoms with E-state index in [0.717, 1.165) is 34.0 Å². The quantitative estimate of drug-likeness (QED) is 0.575. The zero-order valence-electron chi connectivity index (χ0n) is 19.3. The van der Waals surface area contributed by atoms with Gasteiger partial charge in [-0.05, 0) is 49.2 Å². The molecule has 0 saturated carbocycles. The van der Waals surface area contributed by atoms with E-state index < -0.39 is 0 Å². The van der Waals surface area contributed by atoms with E-state index in [-0.39, 0.29) is 11.7 Å². The summed E-state index contributed by atoms with van der Waals surface area (Å²) in [7, 11) is 1.63. The van der Waals surface area contributed by atoms with Crippen molar-refractivity contribution in [1.82, 2.24) is 14.9 Å². The van der Waals surface area contributed by atoms with Gasteiger partial charge >= 0.3 is 0 Å². The molecule has 1 aliphatic rings. The molecule has 1 aliphatic heterocycles. The third-order valence-corrected chi connectivity index (χ3v) is 6.02. The number of nitrogens with zero attached hydrogens (tertiary/aromatic N) is 4. The number of rotatable bonds is 6. The number of aryl methyl sites for hydroxylation is 2. The summed E-state index contributed by atoms with van der Waals surface area (Å²) in [5.41, 5.74) is 3.77. The van der Waals surface area contributed by atoms with Gasteiger partial charge in [0.15, 0.2) is 0 Å². The molecule has 7 heteroatoms. The molecule has 0 aliphatic carbocycles. The Labute approximate surface area is 194 Å². The summed E-state index contributed by atoms with van der Waals surface area (Å²) in [5.74, 6) is 2.25. The predicted octanol–water partition coefficient (Wildman–Crippen LogP) is 3.72. The maximum Gasteiger partial charge on any atom is 0.227 e. The SMILES string of the molecule is COc1ccc(CC(=O)N2CCN(c3nc(C)nc(C)c3Cc3cccc(F)c3)CC2)cc1. The number of carbonyl (C=O) groups excluding carboxylic acids is 1. The molecule has 0 atom stereocenters. The molecule has 2 heterocycles. The van der Waals surface area contributed by atoms with E-state index in [1.54, 1.807) is 19.2 Å². The van der Waals surface area contributed by atoms with Crippen molar-refractivity contribution in [2.24, 2.45) is 0 Å². The maximum absolute atomic E-state index is 13.7. The highest BCUT2D eigenvalue weighted by molar-refractivity contribution is 5.79. The van der Waals surface area contributed by atoms with Crippen molar-refractivity contribution in [1.29, 1.82) is 0 Å². The molecule has 0 spiro atoms. The third-order valence-electron chi connectivity index (χ3n) is 6.02. The minimum atomic E-state index is -0.247. The van der Waals surface area contributed by atoms with Crippen molar-refractivity contribution < 1.29 is 13.9 Å². The van der Waals surface area contributed by atoms with Crippen LogP contribution in [0.5, 0.6) is 5.75 Å². The maximum atomic E-state index is 13.7. The Bertz CT molecular complexity index is 1130. The van der Waals surface area contributed by atoms with E-state index in [9.17, 15) is 9.18 Å². The zero-order chi connectivity index (χ0) is 23.4. The number of hydrogen-bond acceptors (Lipinski definition) is 5. The highest BCUT2D eigenvalue weighted by atomic mass is 19.1. The summed E-state index contributed by atoms with van der Waals surface area (Å²) in [4.78, 5) is 26.2. The number of piperazine rings is 1. The van der Waals surface area contributed by atoms with E-state index in [0.29, 0.717) is 44.8 Å². The lowest BCUT2D eigenvalue weighted by atomic mass is 10.0. The van der Waals surface area contributed by atoms with E-state index in [4.69, 9.17) is 9.72 Å². The fourth-order valence-electron chi connectivity index (χ4n) is 4.23. The monoisotopic (exact) mass is 448 g/mol. The largest absolute Gasteiger partial charge is 0.497 e. The van der Waals surface area contributed by atoms with Crippen LogP contribution in [0, 0.1) is 19.7 Å². The van der Waals surface area contributed by atoms with Crippen molar-refractivity contribution in [2.45, 2.75) is 26.7 Å². The fourth-order valence-corrected chi connectivity index (χ4v) is 4.23. The second-order valence-electron chi connectivity index (χ2n) is 8.36. The first-order valence-electron chi connectivity index (χ1n) is 11.2. The second kappa shape index (κ2) is 9.98. The standard InChI is InChI=1S/C26H29FN4O2/c1-18-24(16-21-5-4-6-22(27)15-21)26(29-19(2)28-18)31-13-11-30(12-14-31)25(32)17-20-7-9-23(33-3)10-8-20/h4-10,15H,11-14,16-17H2,1-3H3. The van der Waals surface area contributed by atoms with Crippen molar-refractivity contribution >= 4 is 11.7 Å². The molecule has 0 unspecified atom stereocenters. The van der Waals surface area contributed by atoms with E-state index in [1.165, 1.54) is 6.07 Å². The van der Waals surface area contributed by atoms with Crippen LogP contribution in [-0.2, 0) is 17.6 Å². The number of carbonyl (C=O) groups is 1. The van der Waals surface area contributed by atoms with Gasteiger partial charge in [0.2, 0.25) is 5.91 Å². The third kappa shape index (κ3) is 5.48. The van der Waals surface area contributed by atoms with Gasteiger partial charge in [0.05, 0.1) is 13.5 Å². The van der Waals surface area contributed by atoms with Crippen LogP contribution in [0.3, 0.4) is 0 Å². The van der Waals surface area contributed by atoms with Gasteiger partial charge < -0.3 is 14.5 Å². The van der Waals surface area contributed by atoms with Gasteiger partial charge in [-0.2, -0.15) is 0 Å². The average molecular weight is 449 g/mol. The molecule has 6 nitrogen and oxygen atoms in total. The van der Waals surface area contributed by atoms with E-state index in [1.807, 2.05) is 49.1 Å². The summed E-state index contributed by atoms with van der Waals surface area (Å²) in [5, 5.41) is 0. The first-order chi connectivity index (χ1) is 15.9. The van der Waals surface area contributed by atoms with E-state index in [2.05, 4.69) is 9.88 Å². The smallest absolute Gasteiger partial charge is 0.227 e. The lowest BCUT2D eigenvalue weighted by Crippen LogP contribution is -2.49. The Morgan fingerprint density at radius 1 is 1.00 bits per heavy atom. The molecule has 0 bridgehead atoms. The van der Waals surface area contributed by atoms with Crippen molar-refractivity contribution in [3.05, 3.63) is 82.6 Å². The molecule has 1 amide bonds. The molecule has 1 aromatic heterocycles. The molecule has 1 saturated heterocycles. The number of aromatic nitrogens is 2. The summed E-state index contributed by atoms with van der Waals surface area (Å²) in [6.07, 6.45) is 0.941. The molecule has 1 fully saturated rings. The highest BCUT2D eigenvalue weighted by Crippen LogP contribution is 2.25. The lowest BCUT2D eigenvalue weighted by molar-refractivity contribution is -0.130.